The van der Waals surface area contributed by atoms with E-state index in [-0.39, 0.29) is 6.61 Å². The molecular weight excluding hydrogens is 354 g/mol. The number of ether oxygens (including phenoxy) is 2. The highest BCUT2D eigenvalue weighted by atomic mass is 35.5. The minimum atomic E-state index is -0.946. The van der Waals surface area contributed by atoms with E-state index in [4.69, 9.17) is 21.1 Å². The maximum absolute atomic E-state index is 12.3. The Labute approximate surface area is 158 Å². The van der Waals surface area contributed by atoms with Crippen LogP contribution in [0.2, 0.25) is 5.02 Å². The summed E-state index contributed by atoms with van der Waals surface area (Å²) >= 11 is 6.01. The fraction of sp³-hybridized carbons (Fsp3) is 0.300. The summed E-state index contributed by atoms with van der Waals surface area (Å²) in [5, 5.41) is 3.20. The SMILES string of the molecule is Cc1ccc(Cl)c(OCC(=O)O[C@H](C)C(=O)Nc2c(C)cccc2C)c1. The van der Waals surface area contributed by atoms with E-state index in [1.807, 2.05) is 45.0 Å². The average Bonchev–Trinajstić information content (AvgIpc) is 2.58. The number of halogens is 1. The van der Waals surface area contributed by atoms with Gasteiger partial charge in [-0.3, -0.25) is 4.79 Å². The van der Waals surface area contributed by atoms with Crippen molar-refractivity contribution in [2.45, 2.75) is 33.8 Å². The van der Waals surface area contributed by atoms with Gasteiger partial charge in [0.05, 0.1) is 5.02 Å². The van der Waals surface area contributed by atoms with Gasteiger partial charge in [-0.2, -0.15) is 0 Å². The highest BCUT2D eigenvalue weighted by Gasteiger charge is 2.19. The van der Waals surface area contributed by atoms with Crippen LogP contribution < -0.4 is 10.1 Å². The van der Waals surface area contributed by atoms with Crippen molar-refractivity contribution in [1.82, 2.24) is 0 Å². The molecule has 0 heterocycles. The lowest BCUT2D eigenvalue weighted by atomic mass is 10.1. The number of para-hydroxylation sites is 1. The van der Waals surface area contributed by atoms with Gasteiger partial charge in [-0.25, -0.2) is 4.79 Å². The molecule has 2 aromatic rings. The van der Waals surface area contributed by atoms with Crippen LogP contribution in [-0.2, 0) is 14.3 Å². The predicted octanol–water partition coefficient (Wildman–Crippen LogP) is 4.21. The van der Waals surface area contributed by atoms with Crippen molar-refractivity contribution in [2.75, 3.05) is 11.9 Å². The van der Waals surface area contributed by atoms with Gasteiger partial charge in [0.15, 0.2) is 12.7 Å². The van der Waals surface area contributed by atoms with Crippen molar-refractivity contribution >= 4 is 29.2 Å². The van der Waals surface area contributed by atoms with Gasteiger partial charge >= 0.3 is 5.97 Å². The smallest absolute Gasteiger partial charge is 0.344 e. The Morgan fingerprint density at radius 1 is 1.12 bits per heavy atom. The number of carbonyl (C=O) groups excluding carboxylic acids is 2. The monoisotopic (exact) mass is 375 g/mol. The third-order valence-corrected chi connectivity index (χ3v) is 4.15. The van der Waals surface area contributed by atoms with Crippen LogP contribution >= 0.6 is 11.6 Å². The van der Waals surface area contributed by atoms with Gasteiger partial charge in [-0.1, -0.05) is 35.9 Å². The highest BCUT2D eigenvalue weighted by Crippen LogP contribution is 2.25. The highest BCUT2D eigenvalue weighted by molar-refractivity contribution is 6.32. The van der Waals surface area contributed by atoms with Gasteiger partial charge in [0, 0.05) is 5.69 Å². The first-order valence-corrected chi connectivity index (χ1v) is 8.61. The summed E-state index contributed by atoms with van der Waals surface area (Å²) in [4.78, 5) is 24.2. The largest absolute Gasteiger partial charge is 0.480 e. The molecule has 6 heteroatoms. The lowest BCUT2D eigenvalue weighted by Gasteiger charge is -2.16. The second-order valence-electron chi connectivity index (χ2n) is 6.11. The van der Waals surface area contributed by atoms with Crippen molar-refractivity contribution < 1.29 is 19.1 Å². The van der Waals surface area contributed by atoms with Crippen LogP contribution in [0.4, 0.5) is 5.69 Å². The Morgan fingerprint density at radius 3 is 2.42 bits per heavy atom. The molecule has 5 nitrogen and oxygen atoms in total. The van der Waals surface area contributed by atoms with Crippen LogP contribution in [-0.4, -0.2) is 24.6 Å². The first-order valence-electron chi connectivity index (χ1n) is 8.23. The number of nitrogens with one attached hydrogen (secondary N) is 1. The standard InChI is InChI=1S/C20H22ClNO4/c1-12-8-9-16(21)17(10-12)25-11-18(23)26-15(4)20(24)22-19-13(2)6-5-7-14(19)3/h5-10,15H,11H2,1-4H3,(H,22,24)/t15-/m1/s1. The van der Waals surface area contributed by atoms with Crippen LogP contribution in [0.3, 0.4) is 0 Å². The molecule has 0 aliphatic heterocycles. The molecule has 0 saturated carbocycles. The zero-order valence-corrected chi connectivity index (χ0v) is 16.0. The Kier molecular flexibility index (Phi) is 6.64. The summed E-state index contributed by atoms with van der Waals surface area (Å²) in [7, 11) is 0. The van der Waals surface area contributed by atoms with Gasteiger partial charge in [0.25, 0.3) is 5.91 Å². The number of hydrogen-bond acceptors (Lipinski definition) is 4. The molecule has 0 fully saturated rings. The number of aryl methyl sites for hydroxylation is 3. The van der Waals surface area contributed by atoms with E-state index in [0.29, 0.717) is 10.8 Å². The Morgan fingerprint density at radius 2 is 1.77 bits per heavy atom. The third-order valence-electron chi connectivity index (χ3n) is 3.84. The van der Waals surface area contributed by atoms with E-state index >= 15 is 0 Å². The summed E-state index contributed by atoms with van der Waals surface area (Å²) in [5.41, 5.74) is 3.56. The normalized spacial score (nSPS) is 11.6. The molecule has 0 spiro atoms. The number of hydrogen-bond donors (Lipinski definition) is 1. The summed E-state index contributed by atoms with van der Waals surface area (Å²) in [5.74, 6) is -0.646. The van der Waals surface area contributed by atoms with E-state index in [0.717, 1.165) is 22.4 Å². The van der Waals surface area contributed by atoms with Crippen LogP contribution in [0, 0.1) is 20.8 Å². The fourth-order valence-electron chi connectivity index (χ4n) is 2.38. The molecule has 0 aliphatic rings. The molecule has 26 heavy (non-hydrogen) atoms. The Hall–Kier alpha value is -2.53. The van der Waals surface area contributed by atoms with E-state index < -0.39 is 18.0 Å². The molecule has 2 aromatic carbocycles. The van der Waals surface area contributed by atoms with Gasteiger partial charge in [0.1, 0.15) is 5.75 Å². The second kappa shape index (κ2) is 8.72. The first-order chi connectivity index (χ1) is 12.3. The van der Waals surface area contributed by atoms with Gasteiger partial charge in [-0.15, -0.1) is 0 Å². The molecule has 1 amide bonds. The van der Waals surface area contributed by atoms with Crippen LogP contribution in [0.5, 0.6) is 5.75 Å². The lowest BCUT2D eigenvalue weighted by Crippen LogP contribution is -2.32. The number of carbonyl (C=O) groups is 2. The predicted molar refractivity (Wildman–Crippen MR) is 102 cm³/mol. The van der Waals surface area contributed by atoms with Crippen molar-refractivity contribution in [3.8, 4) is 5.75 Å². The topological polar surface area (TPSA) is 64.6 Å². The van der Waals surface area contributed by atoms with E-state index in [1.54, 1.807) is 12.1 Å². The number of esters is 1. The fourth-order valence-corrected chi connectivity index (χ4v) is 2.55. The van der Waals surface area contributed by atoms with Crippen LogP contribution in [0.15, 0.2) is 36.4 Å². The quantitative estimate of drug-likeness (QED) is 0.768. The summed E-state index contributed by atoms with van der Waals surface area (Å²) in [6.45, 7) is 6.88. The molecule has 0 radical (unpaired) electrons. The Balaban J connectivity index is 1.90. The zero-order valence-electron chi connectivity index (χ0n) is 15.3. The van der Waals surface area contributed by atoms with E-state index in [9.17, 15) is 9.59 Å². The number of anilines is 1. The molecule has 2 rings (SSSR count). The second-order valence-corrected chi connectivity index (χ2v) is 6.52. The van der Waals surface area contributed by atoms with E-state index in [2.05, 4.69) is 5.32 Å². The average molecular weight is 376 g/mol. The van der Waals surface area contributed by atoms with Crippen molar-refractivity contribution in [3.05, 3.63) is 58.1 Å². The van der Waals surface area contributed by atoms with Gasteiger partial charge in [0.2, 0.25) is 0 Å². The number of amides is 1. The molecular formula is C20H22ClNO4. The first kappa shape index (κ1) is 19.8. The molecule has 1 atom stereocenters. The minimum Gasteiger partial charge on any atom is -0.480 e. The Bertz CT molecular complexity index is 799. The van der Waals surface area contributed by atoms with Crippen LogP contribution in [0.1, 0.15) is 23.6 Å². The maximum Gasteiger partial charge on any atom is 0.344 e. The van der Waals surface area contributed by atoms with Crippen molar-refractivity contribution in [1.29, 1.82) is 0 Å². The molecule has 138 valence electrons. The lowest BCUT2D eigenvalue weighted by molar-refractivity contribution is -0.155. The molecule has 0 aromatic heterocycles. The third kappa shape index (κ3) is 5.23. The molecule has 0 saturated heterocycles. The van der Waals surface area contributed by atoms with Gasteiger partial charge < -0.3 is 14.8 Å². The van der Waals surface area contributed by atoms with Gasteiger partial charge in [-0.05, 0) is 56.5 Å². The summed E-state index contributed by atoms with van der Waals surface area (Å²) in [6, 6.07) is 11.0. The maximum atomic E-state index is 12.3. The molecule has 0 aliphatic carbocycles. The molecule has 0 unspecified atom stereocenters. The van der Waals surface area contributed by atoms with Crippen molar-refractivity contribution in [3.63, 3.8) is 0 Å². The summed E-state index contributed by atoms with van der Waals surface area (Å²) < 4.78 is 10.5. The summed E-state index contributed by atoms with van der Waals surface area (Å²) in [6.07, 6.45) is -0.946. The number of benzene rings is 2. The number of rotatable bonds is 6. The van der Waals surface area contributed by atoms with E-state index in [1.165, 1.54) is 6.92 Å². The molecule has 1 N–H and O–H groups in total. The minimum absolute atomic E-state index is 0.329. The van der Waals surface area contributed by atoms with Crippen LogP contribution in [0.25, 0.3) is 0 Å². The zero-order chi connectivity index (χ0) is 19.3. The van der Waals surface area contributed by atoms with Crippen molar-refractivity contribution in [2.24, 2.45) is 0 Å². The molecule has 0 bridgehead atoms.